The summed E-state index contributed by atoms with van der Waals surface area (Å²) in [4.78, 5) is 34.5. The molecule has 0 unspecified atom stereocenters. The highest BCUT2D eigenvalue weighted by Gasteiger charge is 2.11. The predicted molar refractivity (Wildman–Crippen MR) is 93.3 cm³/mol. The molecule has 0 radical (unpaired) electrons. The molecule has 25 heavy (non-hydrogen) atoms. The lowest BCUT2D eigenvalue weighted by Crippen LogP contribution is -2.42. The van der Waals surface area contributed by atoms with Crippen LogP contribution in [-0.2, 0) is 20.7 Å². The van der Waals surface area contributed by atoms with Crippen LogP contribution in [0.3, 0.4) is 0 Å². The SMILES string of the molecule is CCc1ccc(OCC(=O)OCC(=O)NC(=O)NCCC(C)C)cc1. The van der Waals surface area contributed by atoms with Gasteiger partial charge in [-0.2, -0.15) is 0 Å². The molecule has 0 aromatic heterocycles. The van der Waals surface area contributed by atoms with Crippen LogP contribution in [0.5, 0.6) is 5.75 Å². The molecule has 1 rings (SSSR count). The Morgan fingerprint density at radius 3 is 2.36 bits per heavy atom. The van der Waals surface area contributed by atoms with Gasteiger partial charge in [-0.3, -0.25) is 10.1 Å². The van der Waals surface area contributed by atoms with Crippen LogP contribution < -0.4 is 15.4 Å². The molecule has 0 aliphatic rings. The van der Waals surface area contributed by atoms with Crippen molar-refractivity contribution in [1.29, 1.82) is 0 Å². The third-order valence-corrected chi connectivity index (χ3v) is 3.31. The number of amides is 3. The molecule has 1 aromatic rings. The summed E-state index contributed by atoms with van der Waals surface area (Å²) in [6.45, 7) is 5.74. The maximum Gasteiger partial charge on any atom is 0.344 e. The van der Waals surface area contributed by atoms with E-state index in [1.165, 1.54) is 5.56 Å². The van der Waals surface area contributed by atoms with E-state index in [1.807, 2.05) is 32.9 Å². The second-order valence-corrected chi connectivity index (χ2v) is 5.93. The lowest BCUT2D eigenvalue weighted by atomic mass is 10.1. The highest BCUT2D eigenvalue weighted by Crippen LogP contribution is 2.12. The molecular formula is C18H26N2O5. The Labute approximate surface area is 148 Å². The zero-order valence-electron chi connectivity index (χ0n) is 15.0. The van der Waals surface area contributed by atoms with Gasteiger partial charge in [-0.15, -0.1) is 0 Å². The van der Waals surface area contributed by atoms with E-state index in [4.69, 9.17) is 9.47 Å². The van der Waals surface area contributed by atoms with E-state index in [0.717, 1.165) is 12.8 Å². The van der Waals surface area contributed by atoms with Gasteiger partial charge >= 0.3 is 12.0 Å². The molecule has 2 N–H and O–H groups in total. The van der Waals surface area contributed by atoms with Gasteiger partial charge in [0.15, 0.2) is 13.2 Å². The lowest BCUT2D eigenvalue weighted by molar-refractivity contribution is -0.150. The maximum absolute atomic E-state index is 11.5. The van der Waals surface area contributed by atoms with Crippen LogP contribution in [0.25, 0.3) is 0 Å². The van der Waals surface area contributed by atoms with Gasteiger partial charge in [0.1, 0.15) is 5.75 Å². The Hall–Kier alpha value is -2.57. The monoisotopic (exact) mass is 350 g/mol. The van der Waals surface area contributed by atoms with E-state index in [1.54, 1.807) is 12.1 Å². The number of hydrogen-bond donors (Lipinski definition) is 2. The first-order chi connectivity index (χ1) is 11.9. The summed E-state index contributed by atoms with van der Waals surface area (Å²) in [5.74, 6) is -0.379. The normalized spacial score (nSPS) is 10.2. The van der Waals surface area contributed by atoms with E-state index < -0.39 is 24.5 Å². The number of imide groups is 1. The zero-order chi connectivity index (χ0) is 18.7. The van der Waals surface area contributed by atoms with Crippen molar-refractivity contribution in [2.24, 2.45) is 5.92 Å². The van der Waals surface area contributed by atoms with Crippen molar-refractivity contribution < 1.29 is 23.9 Å². The Bertz CT molecular complexity index is 569. The van der Waals surface area contributed by atoms with Gasteiger partial charge in [0.05, 0.1) is 0 Å². The summed E-state index contributed by atoms with van der Waals surface area (Å²) >= 11 is 0. The number of carbonyl (C=O) groups excluding carboxylic acids is 3. The summed E-state index contributed by atoms with van der Waals surface area (Å²) in [6.07, 6.45) is 1.73. The molecule has 0 aliphatic heterocycles. The zero-order valence-corrected chi connectivity index (χ0v) is 15.0. The van der Waals surface area contributed by atoms with Crippen molar-refractivity contribution in [3.63, 3.8) is 0 Å². The molecule has 1 aromatic carbocycles. The Balaban J connectivity index is 2.19. The van der Waals surface area contributed by atoms with Crippen LogP contribution in [0.2, 0.25) is 0 Å². The minimum absolute atomic E-state index is 0.306. The van der Waals surface area contributed by atoms with Crippen molar-refractivity contribution >= 4 is 17.9 Å². The fourth-order valence-electron chi connectivity index (χ4n) is 1.83. The molecule has 0 heterocycles. The number of nitrogens with one attached hydrogen (secondary N) is 2. The first kappa shape index (κ1) is 20.5. The number of rotatable bonds is 9. The standard InChI is InChI=1S/C18H26N2O5/c1-4-14-5-7-15(8-6-14)24-12-17(22)25-11-16(21)20-18(23)19-10-9-13(2)3/h5-8,13H,4,9-12H2,1-3H3,(H2,19,20,21,23). The molecule has 0 aliphatic carbocycles. The van der Waals surface area contributed by atoms with Crippen LogP contribution in [-0.4, -0.2) is 37.7 Å². The van der Waals surface area contributed by atoms with E-state index >= 15 is 0 Å². The molecule has 0 spiro atoms. The average molecular weight is 350 g/mol. The third-order valence-electron chi connectivity index (χ3n) is 3.31. The van der Waals surface area contributed by atoms with E-state index in [9.17, 15) is 14.4 Å². The second kappa shape index (κ2) is 11.1. The van der Waals surface area contributed by atoms with Crippen LogP contribution in [0.15, 0.2) is 24.3 Å². The van der Waals surface area contributed by atoms with Crippen LogP contribution in [0.4, 0.5) is 4.79 Å². The number of benzene rings is 1. The maximum atomic E-state index is 11.5. The lowest BCUT2D eigenvalue weighted by Gasteiger charge is -2.09. The highest BCUT2D eigenvalue weighted by atomic mass is 16.6. The van der Waals surface area contributed by atoms with Gasteiger partial charge in [0.2, 0.25) is 0 Å². The quantitative estimate of drug-likeness (QED) is 0.665. The number of urea groups is 1. The molecule has 0 atom stereocenters. The topological polar surface area (TPSA) is 93.7 Å². The van der Waals surface area contributed by atoms with Crippen molar-refractivity contribution in [2.45, 2.75) is 33.6 Å². The minimum atomic E-state index is -0.692. The summed E-state index contributed by atoms with van der Waals surface area (Å²) in [5.41, 5.74) is 1.17. The predicted octanol–water partition coefficient (Wildman–Crippen LogP) is 2.04. The summed E-state index contributed by atoms with van der Waals surface area (Å²) in [7, 11) is 0. The number of carbonyl (C=O) groups is 3. The first-order valence-electron chi connectivity index (χ1n) is 8.35. The molecule has 0 saturated heterocycles. The number of aryl methyl sites for hydroxylation is 1. The number of hydrogen-bond acceptors (Lipinski definition) is 5. The van der Waals surface area contributed by atoms with E-state index in [0.29, 0.717) is 18.2 Å². The molecule has 7 nitrogen and oxygen atoms in total. The molecule has 0 fully saturated rings. The van der Waals surface area contributed by atoms with Gasteiger partial charge in [-0.1, -0.05) is 32.9 Å². The van der Waals surface area contributed by atoms with Gasteiger partial charge in [0, 0.05) is 6.54 Å². The van der Waals surface area contributed by atoms with Crippen molar-refractivity contribution in [2.75, 3.05) is 19.8 Å². The van der Waals surface area contributed by atoms with Gasteiger partial charge in [-0.25, -0.2) is 9.59 Å². The fraction of sp³-hybridized carbons (Fsp3) is 0.500. The van der Waals surface area contributed by atoms with E-state index in [2.05, 4.69) is 10.6 Å². The molecule has 138 valence electrons. The van der Waals surface area contributed by atoms with Crippen LogP contribution in [0.1, 0.15) is 32.8 Å². The van der Waals surface area contributed by atoms with Crippen molar-refractivity contribution in [3.8, 4) is 5.75 Å². The smallest absolute Gasteiger partial charge is 0.344 e. The Morgan fingerprint density at radius 2 is 1.76 bits per heavy atom. The van der Waals surface area contributed by atoms with Crippen molar-refractivity contribution in [3.05, 3.63) is 29.8 Å². The summed E-state index contributed by atoms with van der Waals surface area (Å²) < 4.78 is 10.0. The van der Waals surface area contributed by atoms with Gasteiger partial charge < -0.3 is 14.8 Å². The number of esters is 1. The van der Waals surface area contributed by atoms with Crippen LogP contribution >= 0.6 is 0 Å². The highest BCUT2D eigenvalue weighted by molar-refractivity contribution is 5.95. The van der Waals surface area contributed by atoms with Crippen molar-refractivity contribution in [1.82, 2.24) is 10.6 Å². The molecule has 7 heteroatoms. The first-order valence-corrected chi connectivity index (χ1v) is 8.35. The molecular weight excluding hydrogens is 324 g/mol. The minimum Gasteiger partial charge on any atom is -0.482 e. The summed E-state index contributed by atoms with van der Waals surface area (Å²) in [6, 6.07) is 6.74. The van der Waals surface area contributed by atoms with Gasteiger partial charge in [0.25, 0.3) is 5.91 Å². The molecule has 0 saturated carbocycles. The molecule has 3 amide bonds. The second-order valence-electron chi connectivity index (χ2n) is 5.93. The van der Waals surface area contributed by atoms with Crippen LogP contribution in [0, 0.1) is 5.92 Å². The van der Waals surface area contributed by atoms with Gasteiger partial charge in [-0.05, 0) is 36.5 Å². The average Bonchev–Trinajstić information content (AvgIpc) is 2.58. The summed E-state index contributed by atoms with van der Waals surface area (Å²) in [5, 5.41) is 4.64. The Morgan fingerprint density at radius 1 is 1.08 bits per heavy atom. The number of ether oxygens (including phenoxy) is 2. The fourth-order valence-corrected chi connectivity index (χ4v) is 1.83. The molecule has 0 bridgehead atoms. The third kappa shape index (κ3) is 9.34. The van der Waals surface area contributed by atoms with E-state index in [-0.39, 0.29) is 6.61 Å². The Kier molecular flexibility index (Phi) is 9.06. The largest absolute Gasteiger partial charge is 0.482 e.